The van der Waals surface area contributed by atoms with E-state index in [1.807, 2.05) is 42.1 Å². The fourth-order valence-corrected chi connectivity index (χ4v) is 2.83. The van der Waals surface area contributed by atoms with Crippen molar-refractivity contribution in [3.63, 3.8) is 0 Å². The number of hydrogen-bond acceptors (Lipinski definition) is 3. The van der Waals surface area contributed by atoms with Gasteiger partial charge in [-0.05, 0) is 36.9 Å². The van der Waals surface area contributed by atoms with E-state index < -0.39 is 0 Å². The van der Waals surface area contributed by atoms with Crippen LogP contribution in [0.4, 0.5) is 0 Å². The summed E-state index contributed by atoms with van der Waals surface area (Å²) < 4.78 is 1.95. The lowest BCUT2D eigenvalue weighted by molar-refractivity contribution is 0.248. The molecule has 0 saturated heterocycles. The largest absolute Gasteiger partial charge is 0.283 e. The fourth-order valence-electron chi connectivity index (χ4n) is 2.45. The summed E-state index contributed by atoms with van der Waals surface area (Å²) in [5.74, 6) is 0. The Morgan fingerprint density at radius 3 is 2.61 bits per heavy atom. The molecule has 0 unspecified atom stereocenters. The number of hydrogen-bond donors (Lipinski definition) is 0. The summed E-state index contributed by atoms with van der Waals surface area (Å²) in [7, 11) is 2.02. The number of halogens is 2. The minimum Gasteiger partial charge on any atom is -0.283 e. The summed E-state index contributed by atoms with van der Waals surface area (Å²) in [5, 5.41) is 5.59. The molecule has 0 N–H and O–H groups in total. The molecule has 0 aliphatic carbocycles. The molecule has 4 nitrogen and oxygen atoms in total. The van der Waals surface area contributed by atoms with E-state index in [2.05, 4.69) is 15.0 Å². The van der Waals surface area contributed by atoms with Gasteiger partial charge in [-0.2, -0.15) is 5.10 Å². The minimum atomic E-state index is 0.578. The number of pyridine rings is 1. The average molecular weight is 347 g/mol. The van der Waals surface area contributed by atoms with Gasteiger partial charge >= 0.3 is 0 Å². The van der Waals surface area contributed by atoms with Crippen LogP contribution in [0.25, 0.3) is 11.3 Å². The molecule has 0 amide bonds. The predicted molar refractivity (Wildman–Crippen MR) is 93.4 cm³/mol. The Morgan fingerprint density at radius 1 is 1.04 bits per heavy atom. The van der Waals surface area contributed by atoms with Gasteiger partial charge in [0.15, 0.2) is 0 Å². The Hall–Kier alpha value is -1.88. The molecule has 118 valence electrons. The third kappa shape index (κ3) is 3.72. The van der Waals surface area contributed by atoms with Gasteiger partial charge in [0.25, 0.3) is 0 Å². The molecule has 0 radical (unpaired) electrons. The molecule has 3 aromatic rings. The van der Waals surface area contributed by atoms with Crippen LogP contribution in [0.1, 0.15) is 5.56 Å². The third-order valence-corrected chi connectivity index (χ3v) is 4.40. The van der Waals surface area contributed by atoms with E-state index in [1.165, 1.54) is 0 Å². The van der Waals surface area contributed by atoms with Crippen LogP contribution in [-0.2, 0) is 13.2 Å². The SMILES string of the molecule is CN(Cc1cccc(Cl)c1Cl)Cn1nccc1-c1ccncc1. The molecule has 0 atom stereocenters. The van der Waals surface area contributed by atoms with Gasteiger partial charge in [-0.1, -0.05) is 35.3 Å². The van der Waals surface area contributed by atoms with Crippen molar-refractivity contribution in [2.75, 3.05) is 7.05 Å². The summed E-state index contributed by atoms with van der Waals surface area (Å²) >= 11 is 12.3. The zero-order valence-corrected chi connectivity index (χ0v) is 14.2. The van der Waals surface area contributed by atoms with Crippen molar-refractivity contribution in [3.8, 4) is 11.3 Å². The third-order valence-electron chi connectivity index (χ3n) is 3.54. The topological polar surface area (TPSA) is 34.0 Å². The highest BCUT2D eigenvalue weighted by atomic mass is 35.5. The molecule has 23 heavy (non-hydrogen) atoms. The Labute approximate surface area is 145 Å². The summed E-state index contributed by atoms with van der Waals surface area (Å²) in [6.45, 7) is 1.34. The summed E-state index contributed by atoms with van der Waals surface area (Å²) in [6, 6.07) is 11.6. The van der Waals surface area contributed by atoms with Crippen LogP contribution in [0.3, 0.4) is 0 Å². The minimum absolute atomic E-state index is 0.578. The average Bonchev–Trinajstić information content (AvgIpc) is 3.00. The highest BCUT2D eigenvalue weighted by Gasteiger charge is 2.10. The highest BCUT2D eigenvalue weighted by Crippen LogP contribution is 2.26. The molecule has 0 bridgehead atoms. The Morgan fingerprint density at radius 2 is 1.83 bits per heavy atom. The zero-order chi connectivity index (χ0) is 16.2. The second kappa shape index (κ2) is 7.13. The molecule has 0 aliphatic heterocycles. The van der Waals surface area contributed by atoms with Crippen molar-refractivity contribution < 1.29 is 0 Å². The lowest BCUT2D eigenvalue weighted by Crippen LogP contribution is -2.23. The molecule has 0 aliphatic rings. The van der Waals surface area contributed by atoms with Crippen molar-refractivity contribution in [1.82, 2.24) is 19.7 Å². The van der Waals surface area contributed by atoms with E-state index in [4.69, 9.17) is 23.2 Å². The Balaban J connectivity index is 1.75. The van der Waals surface area contributed by atoms with Gasteiger partial charge in [0.2, 0.25) is 0 Å². The van der Waals surface area contributed by atoms with Crippen LogP contribution in [0, 0.1) is 0 Å². The number of rotatable bonds is 5. The van der Waals surface area contributed by atoms with Crippen LogP contribution in [0.2, 0.25) is 10.0 Å². The van der Waals surface area contributed by atoms with Crippen molar-refractivity contribution in [2.24, 2.45) is 0 Å². The van der Waals surface area contributed by atoms with E-state index >= 15 is 0 Å². The molecule has 3 rings (SSSR count). The van der Waals surface area contributed by atoms with E-state index in [0.717, 1.165) is 16.8 Å². The van der Waals surface area contributed by atoms with Crippen LogP contribution >= 0.6 is 23.2 Å². The smallest absolute Gasteiger partial charge is 0.0936 e. The van der Waals surface area contributed by atoms with Crippen molar-refractivity contribution in [1.29, 1.82) is 0 Å². The second-order valence-electron chi connectivity index (χ2n) is 5.32. The van der Waals surface area contributed by atoms with E-state index in [-0.39, 0.29) is 0 Å². The van der Waals surface area contributed by atoms with Gasteiger partial charge < -0.3 is 0 Å². The predicted octanol–water partition coefficient (Wildman–Crippen LogP) is 4.34. The number of benzene rings is 1. The summed E-state index contributed by atoms with van der Waals surface area (Å²) in [5.41, 5.74) is 3.14. The molecule has 1 aromatic carbocycles. The van der Waals surface area contributed by atoms with Gasteiger partial charge in [0.05, 0.1) is 22.4 Å². The lowest BCUT2D eigenvalue weighted by Gasteiger charge is -2.19. The van der Waals surface area contributed by atoms with Crippen LogP contribution in [0.15, 0.2) is 55.0 Å². The van der Waals surface area contributed by atoms with E-state index in [0.29, 0.717) is 23.3 Å². The van der Waals surface area contributed by atoms with Crippen LogP contribution in [0.5, 0.6) is 0 Å². The van der Waals surface area contributed by atoms with Crippen molar-refractivity contribution >= 4 is 23.2 Å². The molecule has 0 fully saturated rings. The first-order valence-electron chi connectivity index (χ1n) is 7.19. The van der Waals surface area contributed by atoms with E-state index in [1.54, 1.807) is 24.7 Å². The maximum atomic E-state index is 6.26. The van der Waals surface area contributed by atoms with Crippen molar-refractivity contribution in [2.45, 2.75) is 13.2 Å². The first-order chi connectivity index (χ1) is 11.1. The normalized spacial score (nSPS) is 11.1. The highest BCUT2D eigenvalue weighted by molar-refractivity contribution is 6.42. The Bertz CT molecular complexity index is 786. The molecule has 6 heteroatoms. The second-order valence-corrected chi connectivity index (χ2v) is 6.11. The van der Waals surface area contributed by atoms with Crippen LogP contribution < -0.4 is 0 Å². The summed E-state index contributed by atoms with van der Waals surface area (Å²) in [4.78, 5) is 6.19. The maximum absolute atomic E-state index is 6.26. The van der Waals surface area contributed by atoms with Gasteiger partial charge in [0.1, 0.15) is 0 Å². The molecular weight excluding hydrogens is 331 g/mol. The molecule has 0 spiro atoms. The monoisotopic (exact) mass is 346 g/mol. The number of aromatic nitrogens is 3. The van der Waals surface area contributed by atoms with Gasteiger partial charge in [-0.15, -0.1) is 0 Å². The van der Waals surface area contributed by atoms with Gasteiger partial charge in [0, 0.05) is 30.7 Å². The lowest BCUT2D eigenvalue weighted by atomic mass is 10.2. The molecular formula is C17H16Cl2N4. The van der Waals surface area contributed by atoms with E-state index in [9.17, 15) is 0 Å². The van der Waals surface area contributed by atoms with Gasteiger partial charge in [-0.3, -0.25) is 14.6 Å². The van der Waals surface area contributed by atoms with Crippen LogP contribution in [-0.4, -0.2) is 26.7 Å². The zero-order valence-electron chi connectivity index (χ0n) is 12.7. The molecule has 2 heterocycles. The fraction of sp³-hybridized carbons (Fsp3) is 0.176. The molecule has 0 saturated carbocycles. The van der Waals surface area contributed by atoms with Gasteiger partial charge in [-0.25, -0.2) is 0 Å². The summed E-state index contributed by atoms with van der Waals surface area (Å²) in [6.07, 6.45) is 5.36. The number of nitrogens with zero attached hydrogens (tertiary/aromatic N) is 4. The standard InChI is InChI=1S/C17H16Cl2N4/c1-22(11-14-3-2-4-15(18)17(14)19)12-23-16(7-10-21-23)13-5-8-20-9-6-13/h2-10H,11-12H2,1H3. The van der Waals surface area contributed by atoms with Crippen molar-refractivity contribution in [3.05, 3.63) is 70.6 Å². The first kappa shape index (κ1) is 16.0. The molecule has 2 aromatic heterocycles. The quantitative estimate of drug-likeness (QED) is 0.688. The first-order valence-corrected chi connectivity index (χ1v) is 7.94. The maximum Gasteiger partial charge on any atom is 0.0936 e. The Kier molecular flexibility index (Phi) is 4.96.